The molecule has 6 heteroatoms. The van der Waals surface area contributed by atoms with E-state index in [0.717, 1.165) is 11.1 Å². The predicted octanol–water partition coefficient (Wildman–Crippen LogP) is 3.85. The molecule has 130 valence electrons. The maximum Gasteiger partial charge on any atom is 0.331 e. The van der Waals surface area contributed by atoms with Gasteiger partial charge in [-0.1, -0.05) is 29.8 Å². The van der Waals surface area contributed by atoms with Crippen LogP contribution in [0.2, 0.25) is 5.02 Å². The van der Waals surface area contributed by atoms with Crippen LogP contribution >= 0.6 is 11.6 Å². The van der Waals surface area contributed by atoms with Crippen molar-refractivity contribution >= 4 is 35.2 Å². The number of esters is 1. The Kier molecular flexibility index (Phi) is 6.60. The van der Waals surface area contributed by atoms with Crippen LogP contribution in [0.1, 0.15) is 11.1 Å². The van der Waals surface area contributed by atoms with Crippen molar-refractivity contribution in [3.05, 3.63) is 64.7 Å². The molecule has 2 aromatic rings. The van der Waals surface area contributed by atoms with Crippen LogP contribution in [0.3, 0.4) is 0 Å². The van der Waals surface area contributed by atoms with Gasteiger partial charge in [0.15, 0.2) is 6.61 Å². The number of benzene rings is 2. The van der Waals surface area contributed by atoms with Crippen LogP contribution in [0, 0.1) is 6.92 Å². The number of carbonyl (C=O) groups excluding carboxylic acids is 2. The summed E-state index contributed by atoms with van der Waals surface area (Å²) in [6, 6.07) is 12.4. The number of hydrogen-bond donors (Lipinski definition) is 1. The van der Waals surface area contributed by atoms with Crippen LogP contribution in [-0.2, 0) is 14.3 Å². The molecule has 1 N–H and O–H groups in total. The van der Waals surface area contributed by atoms with E-state index in [1.807, 2.05) is 13.0 Å². The monoisotopic (exact) mass is 359 g/mol. The van der Waals surface area contributed by atoms with Crippen LogP contribution in [0.4, 0.5) is 5.69 Å². The number of nitrogens with one attached hydrogen (secondary N) is 1. The lowest BCUT2D eigenvalue weighted by molar-refractivity contribution is -0.142. The van der Waals surface area contributed by atoms with Crippen molar-refractivity contribution in [2.24, 2.45) is 0 Å². The molecule has 0 radical (unpaired) electrons. The number of anilines is 1. The number of ether oxygens (including phenoxy) is 2. The Morgan fingerprint density at radius 2 is 1.88 bits per heavy atom. The molecule has 25 heavy (non-hydrogen) atoms. The average Bonchev–Trinajstić information content (AvgIpc) is 2.59. The van der Waals surface area contributed by atoms with Gasteiger partial charge in [0.2, 0.25) is 0 Å². The van der Waals surface area contributed by atoms with Crippen LogP contribution in [0.5, 0.6) is 5.75 Å². The Labute approximate surface area is 151 Å². The number of hydrogen-bond acceptors (Lipinski definition) is 4. The third kappa shape index (κ3) is 5.97. The molecule has 2 aromatic carbocycles. The Morgan fingerprint density at radius 1 is 1.16 bits per heavy atom. The van der Waals surface area contributed by atoms with Crippen LogP contribution in [-0.4, -0.2) is 25.6 Å². The zero-order valence-electron chi connectivity index (χ0n) is 13.9. The highest BCUT2D eigenvalue weighted by Crippen LogP contribution is 2.25. The summed E-state index contributed by atoms with van der Waals surface area (Å²) in [6.45, 7) is 1.51. The van der Waals surface area contributed by atoms with Crippen LogP contribution in [0.25, 0.3) is 6.08 Å². The molecule has 1 amide bonds. The zero-order chi connectivity index (χ0) is 18.2. The number of aryl methyl sites for hydroxylation is 1. The summed E-state index contributed by atoms with van der Waals surface area (Å²) in [7, 11) is 1.52. The third-order valence-corrected chi connectivity index (χ3v) is 3.51. The van der Waals surface area contributed by atoms with E-state index in [1.54, 1.807) is 42.5 Å². The molecule has 0 saturated heterocycles. The molecule has 0 unspecified atom stereocenters. The van der Waals surface area contributed by atoms with E-state index in [-0.39, 0.29) is 6.61 Å². The second-order valence-corrected chi connectivity index (χ2v) is 5.68. The van der Waals surface area contributed by atoms with Gasteiger partial charge in [-0.2, -0.15) is 0 Å². The van der Waals surface area contributed by atoms with Gasteiger partial charge in [0.05, 0.1) is 12.8 Å². The van der Waals surface area contributed by atoms with E-state index in [0.29, 0.717) is 16.5 Å². The van der Waals surface area contributed by atoms with Crippen molar-refractivity contribution in [2.45, 2.75) is 6.92 Å². The number of methoxy groups -OCH3 is 1. The van der Waals surface area contributed by atoms with Gasteiger partial charge < -0.3 is 14.8 Å². The zero-order valence-corrected chi connectivity index (χ0v) is 14.7. The summed E-state index contributed by atoms with van der Waals surface area (Å²) in [5.41, 5.74) is 2.30. The first-order valence-corrected chi connectivity index (χ1v) is 7.90. The number of carbonyl (C=O) groups is 2. The molecule has 0 fully saturated rings. The lowest BCUT2D eigenvalue weighted by Crippen LogP contribution is -2.20. The molecule has 0 bridgehead atoms. The standard InChI is InChI=1S/C19H18ClNO4/c1-13-3-9-17(24-2)16(11-13)21-18(22)12-25-19(23)10-6-14-4-7-15(20)8-5-14/h3-11H,12H2,1-2H3,(H,21,22)/b10-6+. The fourth-order valence-corrected chi connectivity index (χ4v) is 2.15. The highest BCUT2D eigenvalue weighted by atomic mass is 35.5. The first-order valence-electron chi connectivity index (χ1n) is 7.53. The largest absolute Gasteiger partial charge is 0.495 e. The van der Waals surface area contributed by atoms with Crippen molar-refractivity contribution in [3.63, 3.8) is 0 Å². The first-order chi connectivity index (χ1) is 12.0. The third-order valence-electron chi connectivity index (χ3n) is 3.26. The van der Waals surface area contributed by atoms with Crippen molar-refractivity contribution < 1.29 is 19.1 Å². The average molecular weight is 360 g/mol. The first kappa shape index (κ1) is 18.5. The van der Waals surface area contributed by atoms with E-state index < -0.39 is 11.9 Å². The number of amides is 1. The Bertz CT molecular complexity index is 785. The maximum absolute atomic E-state index is 11.9. The second kappa shape index (κ2) is 8.89. The predicted molar refractivity (Wildman–Crippen MR) is 97.8 cm³/mol. The van der Waals surface area contributed by atoms with Gasteiger partial charge in [-0.3, -0.25) is 4.79 Å². The molecule has 0 spiro atoms. The molecule has 0 aliphatic carbocycles. The SMILES string of the molecule is COc1ccc(C)cc1NC(=O)COC(=O)/C=C/c1ccc(Cl)cc1. The smallest absolute Gasteiger partial charge is 0.331 e. The topological polar surface area (TPSA) is 64.6 Å². The molecule has 0 heterocycles. The van der Waals surface area contributed by atoms with Crippen molar-refractivity contribution in [3.8, 4) is 5.75 Å². The van der Waals surface area contributed by atoms with E-state index in [9.17, 15) is 9.59 Å². The van der Waals surface area contributed by atoms with E-state index in [1.165, 1.54) is 13.2 Å². The Balaban J connectivity index is 1.86. The van der Waals surface area contributed by atoms with Gasteiger partial charge in [0.1, 0.15) is 5.75 Å². The van der Waals surface area contributed by atoms with E-state index in [4.69, 9.17) is 21.1 Å². The summed E-state index contributed by atoms with van der Waals surface area (Å²) < 4.78 is 10.1. The maximum atomic E-state index is 11.9. The minimum atomic E-state index is -0.610. The number of rotatable bonds is 6. The molecule has 0 saturated carbocycles. The van der Waals surface area contributed by atoms with Gasteiger partial charge in [-0.05, 0) is 48.4 Å². The minimum absolute atomic E-state index is 0.388. The highest BCUT2D eigenvalue weighted by Gasteiger charge is 2.09. The molecule has 0 aliphatic rings. The molecule has 0 atom stereocenters. The van der Waals surface area contributed by atoms with Gasteiger partial charge in [-0.15, -0.1) is 0 Å². The lowest BCUT2D eigenvalue weighted by atomic mass is 10.2. The second-order valence-electron chi connectivity index (χ2n) is 5.24. The molecule has 0 aromatic heterocycles. The van der Waals surface area contributed by atoms with E-state index in [2.05, 4.69) is 5.32 Å². The van der Waals surface area contributed by atoms with Gasteiger partial charge in [0, 0.05) is 11.1 Å². The normalized spacial score (nSPS) is 10.5. The molecule has 0 aliphatic heterocycles. The summed E-state index contributed by atoms with van der Waals surface area (Å²) in [5.74, 6) is -0.522. The lowest BCUT2D eigenvalue weighted by Gasteiger charge is -2.10. The highest BCUT2D eigenvalue weighted by molar-refractivity contribution is 6.30. The van der Waals surface area contributed by atoms with Crippen LogP contribution < -0.4 is 10.1 Å². The summed E-state index contributed by atoms with van der Waals surface area (Å²) in [5, 5.41) is 3.27. The summed E-state index contributed by atoms with van der Waals surface area (Å²) in [6.07, 6.45) is 2.84. The molecular weight excluding hydrogens is 342 g/mol. The number of halogens is 1. The van der Waals surface area contributed by atoms with Crippen LogP contribution in [0.15, 0.2) is 48.5 Å². The van der Waals surface area contributed by atoms with Crippen molar-refractivity contribution in [1.29, 1.82) is 0 Å². The minimum Gasteiger partial charge on any atom is -0.495 e. The fraction of sp³-hybridized carbons (Fsp3) is 0.158. The van der Waals surface area contributed by atoms with Gasteiger partial charge in [-0.25, -0.2) is 4.79 Å². The summed E-state index contributed by atoms with van der Waals surface area (Å²) >= 11 is 5.79. The van der Waals surface area contributed by atoms with Gasteiger partial charge in [0.25, 0.3) is 5.91 Å². The Hall–Kier alpha value is -2.79. The van der Waals surface area contributed by atoms with Crippen molar-refractivity contribution in [2.75, 3.05) is 19.0 Å². The van der Waals surface area contributed by atoms with E-state index >= 15 is 0 Å². The molecule has 5 nitrogen and oxygen atoms in total. The quantitative estimate of drug-likeness (QED) is 0.628. The molecular formula is C19H18ClNO4. The molecule has 2 rings (SSSR count). The van der Waals surface area contributed by atoms with Crippen molar-refractivity contribution in [1.82, 2.24) is 0 Å². The summed E-state index contributed by atoms with van der Waals surface area (Å²) in [4.78, 5) is 23.6. The Morgan fingerprint density at radius 3 is 2.56 bits per heavy atom. The van der Waals surface area contributed by atoms with Gasteiger partial charge >= 0.3 is 5.97 Å². The fourth-order valence-electron chi connectivity index (χ4n) is 2.03.